The number of rotatable bonds is 2. The first-order chi connectivity index (χ1) is 9.56. The van der Waals surface area contributed by atoms with Crippen LogP contribution in [0.1, 0.15) is 41.6 Å². The average molecular weight is 275 g/mol. The summed E-state index contributed by atoms with van der Waals surface area (Å²) in [7, 11) is 2.15. The Kier molecular flexibility index (Phi) is 3.34. The van der Waals surface area contributed by atoms with E-state index in [1.807, 2.05) is 0 Å². The van der Waals surface area contributed by atoms with Gasteiger partial charge >= 0.3 is 5.97 Å². The number of halogens is 1. The minimum absolute atomic E-state index is 0.262. The number of hydrogen-bond donors (Lipinski definition) is 1. The van der Waals surface area contributed by atoms with E-state index in [0.717, 1.165) is 24.0 Å². The molecule has 20 heavy (non-hydrogen) atoms. The van der Waals surface area contributed by atoms with Crippen LogP contribution in [-0.2, 0) is 0 Å². The van der Waals surface area contributed by atoms with Crippen molar-refractivity contribution in [3.05, 3.63) is 41.2 Å². The van der Waals surface area contributed by atoms with Crippen molar-refractivity contribution in [3.8, 4) is 0 Å². The summed E-state index contributed by atoms with van der Waals surface area (Å²) < 4.78 is 13.8. The zero-order valence-corrected chi connectivity index (χ0v) is 11.5. The summed E-state index contributed by atoms with van der Waals surface area (Å²) >= 11 is 0. The SMILES string of the molecule is CN1C2C=C(c3ccc(C(=O)O)c(F)c3)CC1CCC2. The maximum absolute atomic E-state index is 13.8. The summed E-state index contributed by atoms with van der Waals surface area (Å²) in [6.45, 7) is 0. The number of hydrogen-bond acceptors (Lipinski definition) is 2. The number of aromatic carboxylic acids is 1. The van der Waals surface area contributed by atoms with E-state index in [9.17, 15) is 9.18 Å². The summed E-state index contributed by atoms with van der Waals surface area (Å²) in [5.74, 6) is -1.87. The van der Waals surface area contributed by atoms with Gasteiger partial charge in [-0.15, -0.1) is 0 Å². The Hall–Kier alpha value is -1.68. The van der Waals surface area contributed by atoms with Gasteiger partial charge in [-0.3, -0.25) is 4.90 Å². The van der Waals surface area contributed by atoms with Crippen molar-refractivity contribution in [2.24, 2.45) is 0 Å². The van der Waals surface area contributed by atoms with Crippen molar-refractivity contribution < 1.29 is 14.3 Å². The number of likely N-dealkylation sites (N-methyl/N-ethyl adjacent to an activating group) is 1. The van der Waals surface area contributed by atoms with E-state index in [4.69, 9.17) is 5.11 Å². The predicted octanol–water partition coefficient (Wildman–Crippen LogP) is 3.16. The van der Waals surface area contributed by atoms with Crippen LogP contribution in [-0.4, -0.2) is 35.1 Å². The monoisotopic (exact) mass is 275 g/mol. The fourth-order valence-corrected chi connectivity index (χ4v) is 3.34. The zero-order chi connectivity index (χ0) is 14.3. The van der Waals surface area contributed by atoms with Crippen LogP contribution in [0.15, 0.2) is 24.3 Å². The normalized spacial score (nSPS) is 26.2. The van der Waals surface area contributed by atoms with Gasteiger partial charge in [-0.25, -0.2) is 9.18 Å². The first kappa shape index (κ1) is 13.3. The van der Waals surface area contributed by atoms with Crippen molar-refractivity contribution in [3.63, 3.8) is 0 Å². The molecule has 2 aliphatic heterocycles. The lowest BCUT2D eigenvalue weighted by molar-refractivity contribution is 0.0692. The van der Waals surface area contributed by atoms with E-state index in [0.29, 0.717) is 12.1 Å². The second-order valence-electron chi connectivity index (χ2n) is 5.71. The minimum Gasteiger partial charge on any atom is -0.478 e. The highest BCUT2D eigenvalue weighted by Crippen LogP contribution is 2.36. The molecule has 2 aliphatic rings. The summed E-state index contributed by atoms with van der Waals surface area (Å²) in [5, 5.41) is 8.87. The maximum atomic E-state index is 13.8. The van der Waals surface area contributed by atoms with Crippen LogP contribution in [0.2, 0.25) is 0 Å². The molecule has 1 aromatic rings. The third-order valence-corrected chi connectivity index (χ3v) is 4.56. The molecular formula is C16H18FNO2. The van der Waals surface area contributed by atoms with E-state index in [2.05, 4.69) is 18.0 Å². The predicted molar refractivity (Wildman–Crippen MR) is 75.1 cm³/mol. The molecule has 1 saturated heterocycles. The van der Waals surface area contributed by atoms with Crippen LogP contribution in [0.3, 0.4) is 0 Å². The molecular weight excluding hydrogens is 257 g/mol. The Bertz CT molecular complexity index is 582. The average Bonchev–Trinajstić information content (AvgIpc) is 2.37. The molecule has 0 spiro atoms. The van der Waals surface area contributed by atoms with Crippen LogP contribution >= 0.6 is 0 Å². The Balaban J connectivity index is 1.94. The van der Waals surface area contributed by atoms with Gasteiger partial charge in [0.15, 0.2) is 0 Å². The molecule has 2 unspecified atom stereocenters. The van der Waals surface area contributed by atoms with Gasteiger partial charge < -0.3 is 5.11 Å². The van der Waals surface area contributed by atoms with Crippen LogP contribution in [0, 0.1) is 5.82 Å². The number of carbonyl (C=O) groups is 1. The third kappa shape index (κ3) is 2.24. The number of carboxylic acids is 1. The lowest BCUT2D eigenvalue weighted by Crippen LogP contribution is -2.45. The quantitative estimate of drug-likeness (QED) is 0.901. The molecule has 0 aliphatic carbocycles. The van der Waals surface area contributed by atoms with Gasteiger partial charge in [-0.05, 0) is 49.6 Å². The first-order valence-electron chi connectivity index (χ1n) is 7.02. The molecule has 2 atom stereocenters. The van der Waals surface area contributed by atoms with Crippen molar-refractivity contribution in [1.82, 2.24) is 4.90 Å². The minimum atomic E-state index is -1.22. The molecule has 0 radical (unpaired) electrons. The molecule has 3 rings (SSSR count). The van der Waals surface area contributed by atoms with E-state index < -0.39 is 11.8 Å². The molecule has 0 aromatic heterocycles. The summed E-state index contributed by atoms with van der Waals surface area (Å²) in [4.78, 5) is 13.2. The van der Waals surface area contributed by atoms with Gasteiger partial charge in [0, 0.05) is 12.1 Å². The van der Waals surface area contributed by atoms with Gasteiger partial charge in [0.25, 0.3) is 0 Å². The molecule has 2 heterocycles. The van der Waals surface area contributed by atoms with Gasteiger partial charge in [0.2, 0.25) is 0 Å². The van der Waals surface area contributed by atoms with Crippen molar-refractivity contribution in [2.45, 2.75) is 37.8 Å². The van der Waals surface area contributed by atoms with Crippen molar-refractivity contribution in [2.75, 3.05) is 7.05 Å². The molecule has 1 aromatic carbocycles. The molecule has 0 saturated carbocycles. The number of fused-ring (bicyclic) bond motifs is 2. The number of carboxylic acid groups (broad SMARTS) is 1. The van der Waals surface area contributed by atoms with Crippen LogP contribution in [0.4, 0.5) is 4.39 Å². The van der Waals surface area contributed by atoms with Gasteiger partial charge in [0.05, 0.1) is 5.56 Å². The Morgan fingerprint density at radius 2 is 2.20 bits per heavy atom. The molecule has 0 amide bonds. The lowest BCUT2D eigenvalue weighted by Gasteiger charge is -2.42. The Labute approximate surface area is 117 Å². The van der Waals surface area contributed by atoms with Gasteiger partial charge in [-0.2, -0.15) is 0 Å². The Morgan fingerprint density at radius 1 is 1.40 bits per heavy atom. The highest BCUT2D eigenvalue weighted by atomic mass is 19.1. The highest BCUT2D eigenvalue weighted by Gasteiger charge is 2.31. The standard InChI is InChI=1S/C16H18FNO2/c1-18-12-3-2-4-13(18)8-11(7-12)10-5-6-14(16(19)20)15(17)9-10/h5-7,9,12-13H,2-4,8H2,1H3,(H,19,20). The molecule has 1 N–H and O–H groups in total. The molecule has 3 nitrogen and oxygen atoms in total. The van der Waals surface area contributed by atoms with Crippen LogP contribution in [0.25, 0.3) is 5.57 Å². The molecule has 1 fully saturated rings. The second kappa shape index (κ2) is 5.02. The maximum Gasteiger partial charge on any atom is 0.338 e. The third-order valence-electron chi connectivity index (χ3n) is 4.56. The lowest BCUT2D eigenvalue weighted by atomic mass is 9.83. The smallest absolute Gasteiger partial charge is 0.338 e. The fourth-order valence-electron chi connectivity index (χ4n) is 3.34. The first-order valence-corrected chi connectivity index (χ1v) is 7.02. The number of nitrogens with zero attached hydrogens (tertiary/aromatic N) is 1. The van der Waals surface area contributed by atoms with Gasteiger partial charge in [0.1, 0.15) is 5.82 Å². The molecule has 4 heteroatoms. The van der Waals surface area contributed by atoms with Gasteiger partial charge in [-0.1, -0.05) is 18.6 Å². The van der Waals surface area contributed by atoms with E-state index in [-0.39, 0.29) is 5.56 Å². The second-order valence-corrected chi connectivity index (χ2v) is 5.71. The fraction of sp³-hybridized carbons (Fsp3) is 0.438. The van der Waals surface area contributed by atoms with E-state index in [1.54, 1.807) is 6.07 Å². The van der Waals surface area contributed by atoms with E-state index >= 15 is 0 Å². The summed E-state index contributed by atoms with van der Waals surface area (Å²) in [6, 6.07) is 5.40. The summed E-state index contributed by atoms with van der Waals surface area (Å²) in [5.41, 5.74) is 1.70. The van der Waals surface area contributed by atoms with E-state index in [1.165, 1.54) is 25.0 Å². The molecule has 106 valence electrons. The summed E-state index contributed by atoms with van der Waals surface area (Å²) in [6.07, 6.45) is 6.70. The van der Waals surface area contributed by atoms with Crippen LogP contribution in [0.5, 0.6) is 0 Å². The number of piperidine rings is 1. The topological polar surface area (TPSA) is 40.5 Å². The highest BCUT2D eigenvalue weighted by molar-refractivity contribution is 5.88. The number of benzene rings is 1. The van der Waals surface area contributed by atoms with Crippen LogP contribution < -0.4 is 0 Å². The van der Waals surface area contributed by atoms with Crippen molar-refractivity contribution in [1.29, 1.82) is 0 Å². The Morgan fingerprint density at radius 3 is 2.85 bits per heavy atom. The molecule has 2 bridgehead atoms. The van der Waals surface area contributed by atoms with Crippen molar-refractivity contribution >= 4 is 11.5 Å². The largest absolute Gasteiger partial charge is 0.478 e. The zero-order valence-electron chi connectivity index (χ0n) is 11.5.